The topological polar surface area (TPSA) is 55.6 Å². The molecule has 1 atom stereocenters. The van der Waals surface area contributed by atoms with E-state index >= 15 is 0 Å². The molecule has 0 aromatic heterocycles. The molecule has 1 unspecified atom stereocenters. The highest BCUT2D eigenvalue weighted by atomic mass is 35.5. The lowest BCUT2D eigenvalue weighted by Crippen LogP contribution is -2.40. The smallest absolute Gasteiger partial charge is 0.226 e. The average molecular weight is 271 g/mol. The molecule has 0 heterocycles. The second-order valence-corrected chi connectivity index (χ2v) is 4.53. The first kappa shape index (κ1) is 14.8. The summed E-state index contributed by atoms with van der Waals surface area (Å²) in [5.74, 6) is 0.612. The summed E-state index contributed by atoms with van der Waals surface area (Å²) in [6.07, 6.45) is 0.312. The molecule has 0 bridgehead atoms. The van der Waals surface area contributed by atoms with Crippen LogP contribution in [0, 0.1) is 0 Å². The quantitative estimate of drug-likeness (QED) is 0.859. The highest BCUT2D eigenvalue weighted by Gasteiger charge is 2.14. The van der Waals surface area contributed by atoms with Crippen LogP contribution >= 0.6 is 11.6 Å². The fourth-order valence-corrected chi connectivity index (χ4v) is 1.58. The lowest BCUT2D eigenvalue weighted by atomic mass is 10.2. The maximum atomic E-state index is 11.8. The van der Waals surface area contributed by atoms with E-state index in [1.165, 1.54) is 0 Å². The highest BCUT2D eigenvalue weighted by molar-refractivity contribution is 6.32. The van der Waals surface area contributed by atoms with E-state index in [1.807, 2.05) is 19.1 Å². The van der Waals surface area contributed by atoms with Gasteiger partial charge in [-0.1, -0.05) is 23.7 Å². The zero-order valence-electron chi connectivity index (χ0n) is 10.7. The van der Waals surface area contributed by atoms with E-state index in [1.54, 1.807) is 24.1 Å². The van der Waals surface area contributed by atoms with Gasteiger partial charge in [0.2, 0.25) is 5.91 Å². The number of likely N-dealkylation sites (N-methyl/N-ethyl adjacent to an activating group) is 1. The normalized spacial score (nSPS) is 12.0. The molecular formula is C13H19ClN2O2. The van der Waals surface area contributed by atoms with E-state index in [4.69, 9.17) is 22.1 Å². The Morgan fingerprint density at radius 1 is 1.50 bits per heavy atom. The Balaban J connectivity index is 2.38. The van der Waals surface area contributed by atoms with Gasteiger partial charge < -0.3 is 15.4 Å². The molecule has 2 N–H and O–H groups in total. The molecule has 4 nitrogen and oxygen atoms in total. The van der Waals surface area contributed by atoms with Crippen LogP contribution in [0.2, 0.25) is 5.02 Å². The molecule has 1 rings (SSSR count). The summed E-state index contributed by atoms with van der Waals surface area (Å²) >= 11 is 5.94. The Labute approximate surface area is 113 Å². The third kappa shape index (κ3) is 4.20. The monoisotopic (exact) mass is 270 g/mol. The summed E-state index contributed by atoms with van der Waals surface area (Å²) in [6, 6.07) is 7.24. The zero-order chi connectivity index (χ0) is 13.5. The van der Waals surface area contributed by atoms with E-state index in [0.717, 1.165) is 0 Å². The lowest BCUT2D eigenvalue weighted by Gasteiger charge is -2.23. The molecular weight excluding hydrogens is 252 g/mol. The number of nitrogens with two attached hydrogens (primary N) is 1. The molecule has 0 aliphatic carbocycles. The van der Waals surface area contributed by atoms with E-state index in [-0.39, 0.29) is 11.9 Å². The SMILES string of the molecule is CC(CN)N(C)C(=O)CCOc1ccccc1Cl. The molecule has 0 saturated heterocycles. The van der Waals surface area contributed by atoms with Gasteiger partial charge in [0, 0.05) is 19.6 Å². The van der Waals surface area contributed by atoms with Gasteiger partial charge in [-0.15, -0.1) is 0 Å². The summed E-state index contributed by atoms with van der Waals surface area (Å²) in [4.78, 5) is 13.4. The summed E-state index contributed by atoms with van der Waals surface area (Å²) in [5, 5.41) is 0.550. The van der Waals surface area contributed by atoms with Crippen molar-refractivity contribution in [3.8, 4) is 5.75 Å². The third-order valence-electron chi connectivity index (χ3n) is 2.81. The van der Waals surface area contributed by atoms with Gasteiger partial charge in [-0.05, 0) is 19.1 Å². The van der Waals surface area contributed by atoms with Crippen molar-refractivity contribution in [2.75, 3.05) is 20.2 Å². The highest BCUT2D eigenvalue weighted by Crippen LogP contribution is 2.23. The van der Waals surface area contributed by atoms with Gasteiger partial charge in [0.15, 0.2) is 0 Å². The fourth-order valence-electron chi connectivity index (χ4n) is 1.39. The first-order valence-electron chi connectivity index (χ1n) is 5.89. The van der Waals surface area contributed by atoms with Crippen molar-refractivity contribution >= 4 is 17.5 Å². The number of benzene rings is 1. The number of nitrogens with zero attached hydrogens (tertiary/aromatic N) is 1. The largest absolute Gasteiger partial charge is 0.491 e. The van der Waals surface area contributed by atoms with Crippen molar-refractivity contribution in [3.05, 3.63) is 29.3 Å². The van der Waals surface area contributed by atoms with Crippen LogP contribution in [0.1, 0.15) is 13.3 Å². The average Bonchev–Trinajstić information content (AvgIpc) is 2.39. The Bertz CT molecular complexity index is 398. The van der Waals surface area contributed by atoms with Crippen LogP contribution in [0.4, 0.5) is 0 Å². The molecule has 18 heavy (non-hydrogen) atoms. The van der Waals surface area contributed by atoms with Crippen molar-refractivity contribution in [2.45, 2.75) is 19.4 Å². The van der Waals surface area contributed by atoms with Crippen LogP contribution in [0.3, 0.4) is 0 Å². The molecule has 0 aliphatic heterocycles. The second kappa shape index (κ2) is 7.24. The first-order valence-corrected chi connectivity index (χ1v) is 6.27. The number of halogens is 1. The Morgan fingerprint density at radius 2 is 2.17 bits per heavy atom. The van der Waals surface area contributed by atoms with Gasteiger partial charge in [0.05, 0.1) is 18.1 Å². The first-order chi connectivity index (χ1) is 8.56. The van der Waals surface area contributed by atoms with Gasteiger partial charge in [0.1, 0.15) is 5.75 Å². The van der Waals surface area contributed by atoms with Crippen LogP contribution < -0.4 is 10.5 Å². The van der Waals surface area contributed by atoms with Crippen LogP contribution in [0.15, 0.2) is 24.3 Å². The van der Waals surface area contributed by atoms with Gasteiger partial charge >= 0.3 is 0 Å². The molecule has 100 valence electrons. The fraction of sp³-hybridized carbons (Fsp3) is 0.462. The van der Waals surface area contributed by atoms with Crippen molar-refractivity contribution in [1.29, 1.82) is 0 Å². The standard InChI is InChI=1S/C13H19ClN2O2/c1-10(9-15)16(2)13(17)7-8-18-12-6-4-3-5-11(12)14/h3-6,10H,7-9,15H2,1-2H3. The second-order valence-electron chi connectivity index (χ2n) is 4.12. The summed E-state index contributed by atoms with van der Waals surface area (Å²) < 4.78 is 5.46. The number of amides is 1. The summed E-state index contributed by atoms with van der Waals surface area (Å²) in [7, 11) is 1.75. The lowest BCUT2D eigenvalue weighted by molar-refractivity contribution is -0.132. The van der Waals surface area contributed by atoms with E-state index in [0.29, 0.717) is 30.3 Å². The third-order valence-corrected chi connectivity index (χ3v) is 3.12. The Hall–Kier alpha value is -1.26. The van der Waals surface area contributed by atoms with Crippen molar-refractivity contribution in [2.24, 2.45) is 5.73 Å². The van der Waals surface area contributed by atoms with Crippen LogP contribution in [-0.4, -0.2) is 37.0 Å². The number of carbonyl (C=O) groups excluding carboxylic acids is 1. The van der Waals surface area contributed by atoms with E-state index in [9.17, 15) is 4.79 Å². The predicted octanol–water partition coefficient (Wildman–Crippen LogP) is 1.91. The number of para-hydroxylation sites is 1. The van der Waals surface area contributed by atoms with Crippen LogP contribution in [0.5, 0.6) is 5.75 Å². The minimum absolute atomic E-state index is 0.0139. The maximum absolute atomic E-state index is 11.8. The predicted molar refractivity (Wildman–Crippen MR) is 72.9 cm³/mol. The number of rotatable bonds is 6. The van der Waals surface area contributed by atoms with Gasteiger partial charge in [0.25, 0.3) is 0 Å². The van der Waals surface area contributed by atoms with Gasteiger partial charge in [-0.2, -0.15) is 0 Å². The molecule has 0 aliphatic rings. The number of hydrogen-bond acceptors (Lipinski definition) is 3. The van der Waals surface area contributed by atoms with E-state index < -0.39 is 0 Å². The van der Waals surface area contributed by atoms with Crippen molar-refractivity contribution < 1.29 is 9.53 Å². The number of carbonyl (C=O) groups is 1. The molecule has 0 radical (unpaired) electrons. The number of hydrogen-bond donors (Lipinski definition) is 1. The molecule has 1 aromatic carbocycles. The van der Waals surface area contributed by atoms with Gasteiger partial charge in [-0.25, -0.2) is 0 Å². The van der Waals surface area contributed by atoms with Crippen molar-refractivity contribution in [1.82, 2.24) is 4.90 Å². The molecule has 0 saturated carbocycles. The Kier molecular flexibility index (Phi) is 5.95. The summed E-state index contributed by atoms with van der Waals surface area (Å²) in [5.41, 5.74) is 5.51. The molecule has 1 amide bonds. The minimum Gasteiger partial charge on any atom is -0.491 e. The molecule has 5 heteroatoms. The Morgan fingerprint density at radius 3 is 2.78 bits per heavy atom. The van der Waals surface area contributed by atoms with Gasteiger partial charge in [-0.3, -0.25) is 4.79 Å². The maximum Gasteiger partial charge on any atom is 0.226 e. The molecule has 1 aromatic rings. The van der Waals surface area contributed by atoms with Crippen LogP contribution in [-0.2, 0) is 4.79 Å². The summed E-state index contributed by atoms with van der Waals surface area (Å²) in [6.45, 7) is 2.67. The number of ether oxygens (including phenoxy) is 1. The van der Waals surface area contributed by atoms with Crippen LogP contribution in [0.25, 0.3) is 0 Å². The van der Waals surface area contributed by atoms with E-state index in [2.05, 4.69) is 0 Å². The minimum atomic E-state index is 0.0139. The van der Waals surface area contributed by atoms with Crippen molar-refractivity contribution in [3.63, 3.8) is 0 Å². The molecule has 0 fully saturated rings. The molecule has 0 spiro atoms. The zero-order valence-corrected chi connectivity index (χ0v) is 11.5.